The second kappa shape index (κ2) is 4.49. The molecule has 84 valence electrons. The number of thiazole rings is 1. The maximum absolute atomic E-state index is 11.7. The minimum atomic E-state index is -0.126. The molecular weight excluding hydrogens is 224 g/mol. The van der Waals surface area contributed by atoms with Crippen LogP contribution in [0.4, 0.5) is 0 Å². The van der Waals surface area contributed by atoms with E-state index in [0.717, 1.165) is 10.7 Å². The van der Waals surface area contributed by atoms with Gasteiger partial charge >= 0.3 is 0 Å². The number of hydrogen-bond acceptors (Lipinski definition) is 4. The first-order valence-corrected chi connectivity index (χ1v) is 5.78. The first-order chi connectivity index (χ1) is 7.66. The number of aryl methyl sites for hydroxylation is 2. The molecule has 2 aromatic rings. The number of rotatable bonds is 3. The summed E-state index contributed by atoms with van der Waals surface area (Å²) in [5.74, 6) is 0.506. The van der Waals surface area contributed by atoms with E-state index >= 15 is 0 Å². The van der Waals surface area contributed by atoms with Crippen molar-refractivity contribution in [1.82, 2.24) is 10.3 Å². The average molecular weight is 236 g/mol. The van der Waals surface area contributed by atoms with Crippen LogP contribution in [0.2, 0.25) is 0 Å². The summed E-state index contributed by atoms with van der Waals surface area (Å²) in [6.07, 6.45) is 1.51. The lowest BCUT2D eigenvalue weighted by Crippen LogP contribution is -2.22. The van der Waals surface area contributed by atoms with Crippen molar-refractivity contribution < 1.29 is 9.21 Å². The molecule has 0 aliphatic carbocycles. The fourth-order valence-corrected chi connectivity index (χ4v) is 2.07. The minimum absolute atomic E-state index is 0.126. The van der Waals surface area contributed by atoms with Gasteiger partial charge in [0.2, 0.25) is 0 Å². The Bertz CT molecular complexity index is 502. The molecule has 0 aliphatic heterocycles. The highest BCUT2D eigenvalue weighted by molar-refractivity contribution is 7.09. The molecule has 0 aromatic carbocycles. The molecule has 1 amide bonds. The molecule has 2 aromatic heterocycles. The predicted octanol–water partition coefficient (Wildman–Crippen LogP) is 2.28. The zero-order valence-corrected chi connectivity index (χ0v) is 9.93. The van der Waals surface area contributed by atoms with Gasteiger partial charge in [-0.25, -0.2) is 4.98 Å². The highest BCUT2D eigenvalue weighted by Gasteiger charge is 2.11. The van der Waals surface area contributed by atoms with Crippen LogP contribution in [0.1, 0.15) is 26.8 Å². The van der Waals surface area contributed by atoms with Gasteiger partial charge < -0.3 is 9.73 Å². The molecule has 0 saturated heterocycles. The van der Waals surface area contributed by atoms with E-state index in [1.54, 1.807) is 24.3 Å². The van der Waals surface area contributed by atoms with Crippen molar-refractivity contribution in [2.24, 2.45) is 0 Å². The Morgan fingerprint density at radius 2 is 2.38 bits per heavy atom. The van der Waals surface area contributed by atoms with Crippen LogP contribution in [0.15, 0.2) is 22.1 Å². The molecule has 0 spiro atoms. The van der Waals surface area contributed by atoms with Gasteiger partial charge in [0.05, 0.1) is 18.4 Å². The summed E-state index contributed by atoms with van der Waals surface area (Å²) < 4.78 is 5.07. The van der Waals surface area contributed by atoms with E-state index in [2.05, 4.69) is 10.3 Å². The molecule has 1 N–H and O–H groups in total. The van der Waals surface area contributed by atoms with E-state index in [0.29, 0.717) is 17.9 Å². The van der Waals surface area contributed by atoms with E-state index in [1.807, 2.05) is 12.3 Å². The monoisotopic (exact) mass is 236 g/mol. The molecule has 0 bridgehead atoms. The summed E-state index contributed by atoms with van der Waals surface area (Å²) in [5.41, 5.74) is 1.56. The molecule has 0 atom stereocenters. The Morgan fingerprint density at radius 1 is 1.56 bits per heavy atom. The van der Waals surface area contributed by atoms with Gasteiger partial charge in [-0.3, -0.25) is 4.79 Å². The van der Waals surface area contributed by atoms with Crippen LogP contribution in [0.5, 0.6) is 0 Å². The smallest absolute Gasteiger partial charge is 0.255 e. The van der Waals surface area contributed by atoms with Crippen LogP contribution >= 0.6 is 11.3 Å². The molecule has 0 fully saturated rings. The third-order valence-electron chi connectivity index (χ3n) is 2.17. The SMILES string of the molecule is Cc1csc(CNC(=O)c2ccoc2C)n1. The number of furan rings is 1. The van der Waals surface area contributed by atoms with E-state index in [4.69, 9.17) is 4.42 Å². The van der Waals surface area contributed by atoms with Crippen molar-refractivity contribution in [3.63, 3.8) is 0 Å². The van der Waals surface area contributed by atoms with Crippen LogP contribution in [-0.4, -0.2) is 10.9 Å². The minimum Gasteiger partial charge on any atom is -0.469 e. The van der Waals surface area contributed by atoms with Gasteiger partial charge in [0, 0.05) is 11.1 Å². The van der Waals surface area contributed by atoms with Crippen molar-refractivity contribution in [1.29, 1.82) is 0 Å². The topological polar surface area (TPSA) is 55.1 Å². The molecular formula is C11H12N2O2S. The van der Waals surface area contributed by atoms with E-state index in [-0.39, 0.29) is 5.91 Å². The maximum atomic E-state index is 11.7. The van der Waals surface area contributed by atoms with Gasteiger partial charge in [0.25, 0.3) is 5.91 Å². The third kappa shape index (κ3) is 2.30. The van der Waals surface area contributed by atoms with Gasteiger partial charge in [0.1, 0.15) is 10.8 Å². The number of nitrogens with zero attached hydrogens (tertiary/aromatic N) is 1. The molecule has 0 unspecified atom stereocenters. The third-order valence-corrected chi connectivity index (χ3v) is 3.14. The van der Waals surface area contributed by atoms with Crippen molar-refractivity contribution in [2.45, 2.75) is 20.4 Å². The zero-order valence-electron chi connectivity index (χ0n) is 9.11. The Morgan fingerprint density at radius 3 is 2.94 bits per heavy atom. The standard InChI is InChI=1S/C11H12N2O2S/c1-7-6-16-10(13-7)5-12-11(14)9-3-4-15-8(9)2/h3-4,6H,5H2,1-2H3,(H,12,14). The van der Waals surface area contributed by atoms with Crippen LogP contribution in [-0.2, 0) is 6.54 Å². The highest BCUT2D eigenvalue weighted by atomic mass is 32.1. The molecule has 16 heavy (non-hydrogen) atoms. The summed E-state index contributed by atoms with van der Waals surface area (Å²) in [4.78, 5) is 16.0. The van der Waals surface area contributed by atoms with Crippen LogP contribution in [0.25, 0.3) is 0 Å². The number of carbonyl (C=O) groups is 1. The van der Waals surface area contributed by atoms with Crippen LogP contribution < -0.4 is 5.32 Å². The van der Waals surface area contributed by atoms with Gasteiger partial charge in [-0.2, -0.15) is 0 Å². The first kappa shape index (κ1) is 10.9. The van der Waals surface area contributed by atoms with Crippen molar-refractivity contribution in [2.75, 3.05) is 0 Å². The second-order valence-corrected chi connectivity index (χ2v) is 4.40. The highest BCUT2D eigenvalue weighted by Crippen LogP contribution is 2.10. The van der Waals surface area contributed by atoms with Crippen LogP contribution in [0.3, 0.4) is 0 Å². The van der Waals surface area contributed by atoms with Gasteiger partial charge in [-0.15, -0.1) is 11.3 Å². The normalized spacial score (nSPS) is 10.4. The average Bonchev–Trinajstić information content (AvgIpc) is 2.84. The van der Waals surface area contributed by atoms with Crippen molar-refractivity contribution >= 4 is 17.2 Å². The molecule has 2 rings (SSSR count). The Balaban J connectivity index is 1.96. The predicted molar refractivity (Wildman–Crippen MR) is 61.5 cm³/mol. The molecule has 2 heterocycles. The number of aromatic nitrogens is 1. The van der Waals surface area contributed by atoms with Gasteiger partial charge in [-0.1, -0.05) is 0 Å². The second-order valence-electron chi connectivity index (χ2n) is 3.46. The van der Waals surface area contributed by atoms with Gasteiger partial charge in [-0.05, 0) is 19.9 Å². The van der Waals surface area contributed by atoms with E-state index < -0.39 is 0 Å². The summed E-state index contributed by atoms with van der Waals surface area (Å²) in [6.45, 7) is 4.16. The summed E-state index contributed by atoms with van der Waals surface area (Å²) in [5, 5.41) is 5.68. The van der Waals surface area contributed by atoms with E-state index in [9.17, 15) is 4.79 Å². The first-order valence-electron chi connectivity index (χ1n) is 4.90. The molecule has 0 saturated carbocycles. The van der Waals surface area contributed by atoms with Gasteiger partial charge in [0.15, 0.2) is 0 Å². The quantitative estimate of drug-likeness (QED) is 0.889. The number of hydrogen-bond donors (Lipinski definition) is 1. The van der Waals surface area contributed by atoms with Crippen LogP contribution in [0, 0.1) is 13.8 Å². The lowest BCUT2D eigenvalue weighted by Gasteiger charge is -2.01. The Kier molecular flexibility index (Phi) is 3.05. The number of amides is 1. The molecule has 4 nitrogen and oxygen atoms in total. The van der Waals surface area contributed by atoms with Crippen molar-refractivity contribution in [3.05, 3.63) is 39.7 Å². The lowest BCUT2D eigenvalue weighted by molar-refractivity contribution is 0.0949. The Labute approximate surface area is 97.3 Å². The summed E-state index contributed by atoms with van der Waals surface area (Å²) in [6, 6.07) is 1.66. The van der Waals surface area contributed by atoms with E-state index in [1.165, 1.54) is 6.26 Å². The number of nitrogens with one attached hydrogen (secondary N) is 1. The Hall–Kier alpha value is -1.62. The molecule has 5 heteroatoms. The fraction of sp³-hybridized carbons (Fsp3) is 0.273. The zero-order chi connectivity index (χ0) is 11.5. The maximum Gasteiger partial charge on any atom is 0.255 e. The fourth-order valence-electron chi connectivity index (χ4n) is 1.36. The summed E-state index contributed by atoms with van der Waals surface area (Å²) in [7, 11) is 0. The lowest BCUT2D eigenvalue weighted by atomic mass is 10.2. The largest absolute Gasteiger partial charge is 0.469 e. The molecule has 0 radical (unpaired) electrons. The summed E-state index contributed by atoms with van der Waals surface area (Å²) >= 11 is 1.54. The number of carbonyl (C=O) groups excluding carboxylic acids is 1. The molecule has 0 aliphatic rings. The van der Waals surface area contributed by atoms with Crippen molar-refractivity contribution in [3.8, 4) is 0 Å².